The Labute approximate surface area is 111 Å². The van der Waals surface area contributed by atoms with E-state index in [0.29, 0.717) is 18.7 Å². The number of hydrogen-bond donors (Lipinski definition) is 2. The number of carboxylic acid groups (broad SMARTS) is 1. The minimum atomic E-state index is -1.15. The highest BCUT2D eigenvalue weighted by Crippen LogP contribution is 2.02. The van der Waals surface area contributed by atoms with E-state index in [9.17, 15) is 9.59 Å². The van der Waals surface area contributed by atoms with Crippen molar-refractivity contribution in [3.8, 4) is 0 Å². The van der Waals surface area contributed by atoms with Crippen LogP contribution in [0.25, 0.3) is 0 Å². The summed E-state index contributed by atoms with van der Waals surface area (Å²) in [7, 11) is 0. The van der Waals surface area contributed by atoms with Crippen molar-refractivity contribution in [3.05, 3.63) is 29.6 Å². The molecule has 0 aliphatic carbocycles. The predicted molar refractivity (Wildman–Crippen MR) is 69.3 cm³/mol. The number of carboxylic acids is 1. The van der Waals surface area contributed by atoms with Crippen LogP contribution in [0.2, 0.25) is 0 Å². The summed E-state index contributed by atoms with van der Waals surface area (Å²) >= 11 is 0. The van der Waals surface area contributed by atoms with Crippen LogP contribution >= 0.6 is 0 Å². The number of aromatic nitrogens is 1. The monoisotopic (exact) mass is 266 g/mol. The van der Waals surface area contributed by atoms with Crippen LogP contribution in [0.15, 0.2) is 18.3 Å². The molecule has 0 spiro atoms. The maximum Gasteiger partial charge on any atom is 0.354 e. The fourth-order valence-corrected chi connectivity index (χ4v) is 1.41. The Morgan fingerprint density at radius 2 is 2.21 bits per heavy atom. The number of nitrogens with one attached hydrogen (secondary N) is 1. The second-order valence-electron chi connectivity index (χ2n) is 3.96. The second kappa shape index (κ2) is 8.20. The molecule has 2 N–H and O–H groups in total. The SMILES string of the molecule is CCCOCCCNC(=O)c1ccnc(C(=O)O)c1. The fourth-order valence-electron chi connectivity index (χ4n) is 1.41. The lowest BCUT2D eigenvalue weighted by atomic mass is 10.2. The molecule has 0 aromatic carbocycles. The first-order valence-corrected chi connectivity index (χ1v) is 6.20. The Kier molecular flexibility index (Phi) is 6.52. The molecule has 0 saturated heterocycles. The van der Waals surface area contributed by atoms with Crippen LogP contribution in [0.1, 0.15) is 40.6 Å². The molecule has 1 amide bonds. The molecule has 0 aliphatic rings. The molecular weight excluding hydrogens is 248 g/mol. The molecule has 1 aromatic rings. The summed E-state index contributed by atoms with van der Waals surface area (Å²) in [5.41, 5.74) is 0.154. The van der Waals surface area contributed by atoms with Crippen LogP contribution in [0, 0.1) is 0 Å². The largest absolute Gasteiger partial charge is 0.477 e. The Bertz CT molecular complexity index is 434. The smallest absolute Gasteiger partial charge is 0.354 e. The normalized spacial score (nSPS) is 10.2. The van der Waals surface area contributed by atoms with Gasteiger partial charge in [-0.1, -0.05) is 6.92 Å². The highest BCUT2D eigenvalue weighted by Gasteiger charge is 2.09. The Balaban J connectivity index is 2.37. The van der Waals surface area contributed by atoms with Gasteiger partial charge in [-0.25, -0.2) is 9.78 Å². The van der Waals surface area contributed by atoms with Gasteiger partial charge in [0.1, 0.15) is 5.69 Å². The maximum atomic E-state index is 11.7. The molecule has 1 aromatic heterocycles. The van der Waals surface area contributed by atoms with Crippen LogP contribution < -0.4 is 5.32 Å². The number of nitrogens with zero attached hydrogens (tertiary/aromatic N) is 1. The van der Waals surface area contributed by atoms with Crippen molar-refractivity contribution >= 4 is 11.9 Å². The minimum Gasteiger partial charge on any atom is -0.477 e. The topological polar surface area (TPSA) is 88.5 Å². The Morgan fingerprint density at radius 1 is 1.42 bits per heavy atom. The number of pyridine rings is 1. The van der Waals surface area contributed by atoms with Gasteiger partial charge < -0.3 is 15.2 Å². The predicted octanol–water partition coefficient (Wildman–Crippen LogP) is 1.33. The number of hydrogen-bond acceptors (Lipinski definition) is 4. The highest BCUT2D eigenvalue weighted by molar-refractivity contribution is 5.96. The van der Waals surface area contributed by atoms with E-state index >= 15 is 0 Å². The van der Waals surface area contributed by atoms with Crippen molar-refractivity contribution in [2.75, 3.05) is 19.8 Å². The lowest BCUT2D eigenvalue weighted by molar-refractivity contribution is 0.0690. The molecule has 0 aliphatic heterocycles. The van der Waals surface area contributed by atoms with E-state index in [0.717, 1.165) is 19.4 Å². The van der Waals surface area contributed by atoms with Crippen molar-refractivity contribution in [1.29, 1.82) is 0 Å². The molecule has 6 nitrogen and oxygen atoms in total. The Morgan fingerprint density at radius 3 is 2.89 bits per heavy atom. The first-order valence-electron chi connectivity index (χ1n) is 6.20. The number of aromatic carboxylic acids is 1. The van der Waals surface area contributed by atoms with Crippen LogP contribution in [0.5, 0.6) is 0 Å². The summed E-state index contributed by atoms with van der Waals surface area (Å²) in [5.74, 6) is -1.46. The third-order valence-electron chi connectivity index (χ3n) is 2.34. The van der Waals surface area contributed by atoms with Crippen molar-refractivity contribution < 1.29 is 19.4 Å². The van der Waals surface area contributed by atoms with Crippen LogP contribution in [-0.4, -0.2) is 41.7 Å². The van der Waals surface area contributed by atoms with Crippen molar-refractivity contribution in [3.63, 3.8) is 0 Å². The molecular formula is C13H18N2O4. The second-order valence-corrected chi connectivity index (χ2v) is 3.96. The van der Waals surface area contributed by atoms with Crippen LogP contribution in [-0.2, 0) is 4.74 Å². The van der Waals surface area contributed by atoms with E-state index in [1.54, 1.807) is 0 Å². The third-order valence-corrected chi connectivity index (χ3v) is 2.34. The summed E-state index contributed by atoms with van der Waals surface area (Å²) in [6.45, 7) is 3.85. The number of rotatable bonds is 8. The fraction of sp³-hybridized carbons (Fsp3) is 0.462. The van der Waals surface area contributed by atoms with E-state index in [-0.39, 0.29) is 11.6 Å². The molecule has 0 bridgehead atoms. The van der Waals surface area contributed by atoms with E-state index in [2.05, 4.69) is 10.3 Å². The molecule has 104 valence electrons. The standard InChI is InChI=1S/C13H18N2O4/c1-2-7-19-8-3-5-15-12(16)10-4-6-14-11(9-10)13(17)18/h4,6,9H,2-3,5,7-8H2,1H3,(H,15,16)(H,17,18). The lowest BCUT2D eigenvalue weighted by Gasteiger charge is -2.06. The molecule has 6 heteroatoms. The average Bonchev–Trinajstić information content (AvgIpc) is 2.42. The number of ether oxygens (including phenoxy) is 1. The third kappa shape index (κ3) is 5.48. The molecule has 0 unspecified atom stereocenters. The lowest BCUT2D eigenvalue weighted by Crippen LogP contribution is -2.25. The van der Waals surface area contributed by atoms with Gasteiger partial charge in [-0.05, 0) is 25.0 Å². The van der Waals surface area contributed by atoms with E-state index in [1.165, 1.54) is 18.3 Å². The van der Waals surface area contributed by atoms with Gasteiger partial charge in [0, 0.05) is 31.5 Å². The van der Waals surface area contributed by atoms with Crippen molar-refractivity contribution in [2.45, 2.75) is 19.8 Å². The summed E-state index contributed by atoms with van der Waals surface area (Å²) in [4.78, 5) is 26.1. The average molecular weight is 266 g/mol. The molecule has 1 heterocycles. The molecule has 1 rings (SSSR count). The van der Waals surface area contributed by atoms with Crippen LogP contribution in [0.3, 0.4) is 0 Å². The van der Waals surface area contributed by atoms with Crippen molar-refractivity contribution in [2.24, 2.45) is 0 Å². The van der Waals surface area contributed by atoms with Gasteiger partial charge in [0.15, 0.2) is 0 Å². The molecule has 0 saturated carbocycles. The number of carbonyl (C=O) groups is 2. The van der Waals surface area contributed by atoms with Gasteiger partial charge in [0.25, 0.3) is 5.91 Å². The summed E-state index contributed by atoms with van der Waals surface area (Å²) in [5, 5.41) is 11.5. The van der Waals surface area contributed by atoms with E-state index in [1.807, 2.05) is 6.92 Å². The molecule has 19 heavy (non-hydrogen) atoms. The van der Waals surface area contributed by atoms with Crippen LogP contribution in [0.4, 0.5) is 0 Å². The van der Waals surface area contributed by atoms with E-state index in [4.69, 9.17) is 9.84 Å². The quantitative estimate of drug-likeness (QED) is 0.693. The first kappa shape index (κ1) is 15.1. The highest BCUT2D eigenvalue weighted by atomic mass is 16.5. The minimum absolute atomic E-state index is 0.140. The van der Waals surface area contributed by atoms with E-state index < -0.39 is 5.97 Å². The zero-order chi connectivity index (χ0) is 14.1. The zero-order valence-electron chi connectivity index (χ0n) is 10.9. The van der Waals surface area contributed by atoms with Gasteiger partial charge in [-0.2, -0.15) is 0 Å². The van der Waals surface area contributed by atoms with Crippen molar-refractivity contribution in [1.82, 2.24) is 10.3 Å². The zero-order valence-corrected chi connectivity index (χ0v) is 10.9. The number of carbonyl (C=O) groups excluding carboxylic acids is 1. The Hall–Kier alpha value is -1.95. The first-order chi connectivity index (χ1) is 9.15. The number of amides is 1. The maximum absolute atomic E-state index is 11.7. The molecule has 0 radical (unpaired) electrons. The molecule has 0 atom stereocenters. The van der Waals surface area contributed by atoms with Gasteiger partial charge >= 0.3 is 5.97 Å². The summed E-state index contributed by atoms with van der Waals surface area (Å²) in [6, 6.07) is 2.74. The van der Waals surface area contributed by atoms with Gasteiger partial charge in [0.05, 0.1) is 0 Å². The summed E-state index contributed by atoms with van der Waals surface area (Å²) < 4.78 is 5.28. The van der Waals surface area contributed by atoms with Gasteiger partial charge in [0.2, 0.25) is 0 Å². The van der Waals surface area contributed by atoms with Gasteiger partial charge in [-0.15, -0.1) is 0 Å². The molecule has 0 fully saturated rings. The van der Waals surface area contributed by atoms with Gasteiger partial charge in [-0.3, -0.25) is 4.79 Å². The summed E-state index contributed by atoms with van der Waals surface area (Å²) in [6.07, 6.45) is 3.01.